The van der Waals surface area contributed by atoms with Crippen molar-refractivity contribution in [2.45, 2.75) is 31.9 Å². The van der Waals surface area contributed by atoms with Crippen LogP contribution in [-0.2, 0) is 4.43 Å². The fraction of sp³-hybridized carbons (Fsp3) is 0.455. The van der Waals surface area contributed by atoms with E-state index in [1.54, 1.807) is 19.6 Å². The van der Waals surface area contributed by atoms with E-state index in [-0.39, 0.29) is 21.3 Å². The number of hydrogen-bond donors (Lipinski definition) is 1. The van der Waals surface area contributed by atoms with E-state index in [1.807, 2.05) is 0 Å². The molecular formula is C11H14Cl2F3NOSi. The van der Waals surface area contributed by atoms with E-state index in [0.29, 0.717) is 0 Å². The van der Waals surface area contributed by atoms with Crippen molar-refractivity contribution in [3.05, 3.63) is 27.7 Å². The van der Waals surface area contributed by atoms with E-state index in [0.717, 1.165) is 12.1 Å². The van der Waals surface area contributed by atoms with Crippen LogP contribution in [0, 0.1) is 0 Å². The first-order chi connectivity index (χ1) is 8.42. The molecule has 0 aromatic heterocycles. The quantitative estimate of drug-likeness (QED) is 0.622. The number of benzene rings is 1. The summed E-state index contributed by atoms with van der Waals surface area (Å²) in [5, 5.41) is -0.0353. The van der Waals surface area contributed by atoms with Crippen molar-refractivity contribution < 1.29 is 17.6 Å². The third-order valence-corrected chi connectivity index (χ3v) is 3.74. The molecule has 0 amide bonds. The molecule has 0 saturated heterocycles. The lowest BCUT2D eigenvalue weighted by atomic mass is 10.1. The van der Waals surface area contributed by atoms with E-state index in [4.69, 9.17) is 33.4 Å². The van der Waals surface area contributed by atoms with Gasteiger partial charge in [0.2, 0.25) is 0 Å². The molecule has 0 aliphatic heterocycles. The van der Waals surface area contributed by atoms with Gasteiger partial charge >= 0.3 is 6.18 Å². The van der Waals surface area contributed by atoms with Gasteiger partial charge in [-0.15, -0.1) is 0 Å². The van der Waals surface area contributed by atoms with Crippen LogP contribution in [0.4, 0.5) is 18.9 Å². The number of alkyl halides is 3. The summed E-state index contributed by atoms with van der Waals surface area (Å²) in [5.41, 5.74) is 5.43. The van der Waals surface area contributed by atoms with Crippen LogP contribution in [0.15, 0.2) is 12.1 Å². The average molecular weight is 332 g/mol. The molecule has 108 valence electrons. The van der Waals surface area contributed by atoms with Crippen LogP contribution in [0.2, 0.25) is 29.7 Å². The zero-order chi connectivity index (χ0) is 15.0. The van der Waals surface area contributed by atoms with Crippen LogP contribution >= 0.6 is 23.2 Å². The Morgan fingerprint density at radius 3 is 1.89 bits per heavy atom. The average Bonchev–Trinajstić information content (AvgIpc) is 2.19. The lowest BCUT2D eigenvalue weighted by Gasteiger charge is -2.28. The SMILES string of the molecule is C[Si](C)(C)OC(c1cc(Cl)c(N)c(Cl)c1)C(F)(F)F. The van der Waals surface area contributed by atoms with Crippen molar-refractivity contribution in [2.75, 3.05) is 5.73 Å². The van der Waals surface area contributed by atoms with Crippen molar-refractivity contribution in [1.29, 1.82) is 0 Å². The summed E-state index contributed by atoms with van der Waals surface area (Å²) in [6.07, 6.45) is -6.59. The summed E-state index contributed by atoms with van der Waals surface area (Å²) < 4.78 is 44.4. The number of nitrogens with two attached hydrogens (primary N) is 1. The van der Waals surface area contributed by atoms with E-state index in [2.05, 4.69) is 0 Å². The van der Waals surface area contributed by atoms with E-state index in [1.165, 1.54) is 0 Å². The van der Waals surface area contributed by atoms with Crippen LogP contribution in [0.3, 0.4) is 0 Å². The third kappa shape index (κ3) is 4.56. The maximum atomic E-state index is 13.1. The minimum absolute atomic E-state index is 0.0177. The molecule has 1 aromatic rings. The smallest absolute Gasteiger partial charge is 0.403 e. The van der Waals surface area contributed by atoms with Crippen molar-refractivity contribution in [3.8, 4) is 0 Å². The van der Waals surface area contributed by atoms with Crippen LogP contribution in [0.5, 0.6) is 0 Å². The monoisotopic (exact) mass is 331 g/mol. The minimum atomic E-state index is -4.54. The number of halogens is 5. The Hall–Kier alpha value is -0.433. The van der Waals surface area contributed by atoms with Gasteiger partial charge < -0.3 is 10.2 Å². The van der Waals surface area contributed by atoms with Gasteiger partial charge in [0.15, 0.2) is 14.4 Å². The van der Waals surface area contributed by atoms with Gasteiger partial charge in [-0.2, -0.15) is 13.2 Å². The highest BCUT2D eigenvalue weighted by atomic mass is 35.5. The molecule has 0 aliphatic carbocycles. The Labute approximate surface area is 120 Å². The lowest BCUT2D eigenvalue weighted by Crippen LogP contribution is -2.35. The molecule has 0 bridgehead atoms. The van der Waals surface area contributed by atoms with Gasteiger partial charge in [-0.3, -0.25) is 0 Å². The molecule has 2 N–H and O–H groups in total. The molecule has 0 fully saturated rings. The Morgan fingerprint density at radius 2 is 1.58 bits per heavy atom. The van der Waals surface area contributed by atoms with E-state index < -0.39 is 20.6 Å². The van der Waals surface area contributed by atoms with Crippen molar-refractivity contribution in [2.24, 2.45) is 0 Å². The summed E-state index contributed by atoms with van der Waals surface area (Å²) >= 11 is 11.5. The minimum Gasteiger partial charge on any atom is -0.403 e. The van der Waals surface area contributed by atoms with Crippen molar-refractivity contribution >= 4 is 37.2 Å². The molecule has 1 aromatic carbocycles. The molecule has 19 heavy (non-hydrogen) atoms. The summed E-state index contributed by atoms with van der Waals surface area (Å²) in [4.78, 5) is 0. The van der Waals surface area contributed by atoms with E-state index >= 15 is 0 Å². The van der Waals surface area contributed by atoms with Crippen molar-refractivity contribution in [3.63, 3.8) is 0 Å². The molecule has 1 unspecified atom stereocenters. The largest absolute Gasteiger partial charge is 0.417 e. The summed E-state index contributed by atoms with van der Waals surface area (Å²) in [5.74, 6) is 0. The number of hydrogen-bond acceptors (Lipinski definition) is 2. The van der Waals surface area contributed by atoms with Gasteiger partial charge in [0.05, 0.1) is 15.7 Å². The summed E-state index contributed by atoms with van der Waals surface area (Å²) in [6.45, 7) is 5.02. The first kappa shape index (κ1) is 16.6. The fourth-order valence-corrected chi connectivity index (χ4v) is 2.91. The van der Waals surface area contributed by atoms with Crippen LogP contribution in [0.1, 0.15) is 11.7 Å². The third-order valence-electron chi connectivity index (χ3n) is 2.17. The van der Waals surface area contributed by atoms with Gasteiger partial charge in [-0.25, -0.2) is 0 Å². The molecule has 0 aliphatic rings. The molecule has 0 heterocycles. The Balaban J connectivity index is 3.26. The van der Waals surface area contributed by atoms with Gasteiger partial charge in [0.1, 0.15) is 0 Å². The first-order valence-electron chi connectivity index (χ1n) is 5.41. The normalized spacial score (nSPS) is 14.5. The Kier molecular flexibility index (Phi) is 4.82. The van der Waals surface area contributed by atoms with Crippen molar-refractivity contribution in [1.82, 2.24) is 0 Å². The zero-order valence-electron chi connectivity index (χ0n) is 10.6. The first-order valence-corrected chi connectivity index (χ1v) is 9.57. The molecule has 2 nitrogen and oxygen atoms in total. The second kappa shape index (κ2) is 5.52. The molecular weight excluding hydrogens is 318 g/mol. The highest BCUT2D eigenvalue weighted by molar-refractivity contribution is 6.69. The van der Waals surface area contributed by atoms with Gasteiger partial charge in [0, 0.05) is 0 Å². The second-order valence-electron chi connectivity index (χ2n) is 5.05. The predicted molar refractivity (Wildman–Crippen MR) is 74.1 cm³/mol. The Bertz CT molecular complexity index is 451. The van der Waals surface area contributed by atoms with Gasteiger partial charge in [0.25, 0.3) is 0 Å². The topological polar surface area (TPSA) is 35.2 Å². The molecule has 0 radical (unpaired) electrons. The molecule has 1 atom stereocenters. The maximum absolute atomic E-state index is 13.1. The number of nitrogen functional groups attached to an aromatic ring is 1. The van der Waals surface area contributed by atoms with Crippen LogP contribution < -0.4 is 5.73 Å². The molecule has 0 spiro atoms. The molecule has 1 rings (SSSR count). The highest BCUT2D eigenvalue weighted by Gasteiger charge is 2.44. The standard InChI is InChI=1S/C11H14Cl2F3NOSi/c1-19(2,3)18-10(11(14,15)16)6-4-7(12)9(17)8(13)5-6/h4-5,10H,17H2,1-3H3. The fourth-order valence-electron chi connectivity index (χ4n) is 1.43. The highest BCUT2D eigenvalue weighted by Crippen LogP contribution is 2.41. The predicted octanol–water partition coefficient (Wildman–Crippen LogP) is 5.03. The number of rotatable bonds is 3. The molecule has 0 saturated carbocycles. The van der Waals surface area contributed by atoms with Gasteiger partial charge in [-0.1, -0.05) is 23.2 Å². The van der Waals surface area contributed by atoms with Crippen LogP contribution in [0.25, 0.3) is 0 Å². The summed E-state index contributed by atoms with van der Waals surface area (Å²) in [6, 6.07) is 2.28. The maximum Gasteiger partial charge on any atom is 0.417 e. The lowest BCUT2D eigenvalue weighted by molar-refractivity contribution is -0.200. The zero-order valence-corrected chi connectivity index (χ0v) is 13.1. The van der Waals surface area contributed by atoms with Crippen LogP contribution in [-0.4, -0.2) is 14.5 Å². The number of anilines is 1. The molecule has 8 heteroatoms. The summed E-state index contributed by atoms with van der Waals surface area (Å²) in [7, 11) is -2.40. The second-order valence-corrected chi connectivity index (χ2v) is 10.3. The van der Waals surface area contributed by atoms with E-state index in [9.17, 15) is 13.2 Å². The van der Waals surface area contributed by atoms with Gasteiger partial charge in [-0.05, 0) is 37.3 Å². The Morgan fingerprint density at radius 1 is 1.16 bits per heavy atom.